The summed E-state index contributed by atoms with van der Waals surface area (Å²) in [6, 6.07) is 9.31. The van der Waals surface area contributed by atoms with Crippen molar-refractivity contribution >= 4 is 11.6 Å². The summed E-state index contributed by atoms with van der Waals surface area (Å²) in [5.74, 6) is -0.273. The summed E-state index contributed by atoms with van der Waals surface area (Å²) < 4.78 is 1.16. The van der Waals surface area contributed by atoms with E-state index in [9.17, 15) is 14.4 Å². The van der Waals surface area contributed by atoms with Crippen molar-refractivity contribution < 1.29 is 4.79 Å². The van der Waals surface area contributed by atoms with Crippen LogP contribution < -0.4 is 21.5 Å². The third-order valence-electron chi connectivity index (χ3n) is 3.75. The van der Waals surface area contributed by atoms with E-state index >= 15 is 0 Å². The molecular formula is C17H22N4O3. The summed E-state index contributed by atoms with van der Waals surface area (Å²) in [5.41, 5.74) is 1.26. The summed E-state index contributed by atoms with van der Waals surface area (Å²) in [4.78, 5) is 38.8. The fourth-order valence-electron chi connectivity index (χ4n) is 2.48. The number of anilines is 1. The lowest BCUT2D eigenvalue weighted by molar-refractivity contribution is -0.121. The molecule has 2 N–H and O–H groups in total. The van der Waals surface area contributed by atoms with Crippen molar-refractivity contribution in [1.82, 2.24) is 14.9 Å². The molecule has 0 aliphatic heterocycles. The van der Waals surface area contributed by atoms with E-state index in [1.165, 1.54) is 17.8 Å². The smallest absolute Gasteiger partial charge is 0.328 e. The molecular weight excluding hydrogens is 308 g/mol. The second kappa shape index (κ2) is 8.14. The lowest BCUT2D eigenvalue weighted by Gasteiger charge is -2.25. The Hall–Kier alpha value is -2.83. The van der Waals surface area contributed by atoms with Gasteiger partial charge in [-0.1, -0.05) is 18.2 Å². The third kappa shape index (κ3) is 4.58. The van der Waals surface area contributed by atoms with Crippen LogP contribution in [0.25, 0.3) is 0 Å². The summed E-state index contributed by atoms with van der Waals surface area (Å²) >= 11 is 0. The van der Waals surface area contributed by atoms with Crippen LogP contribution in [-0.4, -0.2) is 35.1 Å². The number of carbonyl (C=O) groups is 1. The number of aromatic nitrogens is 2. The quantitative estimate of drug-likeness (QED) is 0.773. The van der Waals surface area contributed by atoms with E-state index < -0.39 is 11.2 Å². The van der Waals surface area contributed by atoms with Crippen LogP contribution in [0.15, 0.2) is 46.1 Å². The Morgan fingerprint density at radius 1 is 1.25 bits per heavy atom. The minimum atomic E-state index is -0.590. The topological polar surface area (TPSA) is 87.2 Å². The average Bonchev–Trinajstić information content (AvgIpc) is 2.55. The molecule has 0 radical (unpaired) electrons. The Kier molecular flexibility index (Phi) is 5.95. The Morgan fingerprint density at radius 2 is 2.00 bits per heavy atom. The average molecular weight is 330 g/mol. The molecule has 0 spiro atoms. The number of H-pyrrole nitrogens is 1. The first-order valence-corrected chi connectivity index (χ1v) is 7.88. The fourth-order valence-corrected chi connectivity index (χ4v) is 2.48. The third-order valence-corrected chi connectivity index (χ3v) is 3.75. The standard InChI is InChI=1S/C17H22N4O3/c1-3-20(14-7-5-4-6-13(14)2)11-9-18-16(23)12-21-10-8-15(22)19-17(21)24/h4-8,10H,3,9,11-12H2,1-2H3,(H,18,23)(H,19,22,24). The molecule has 0 atom stereocenters. The second-order valence-corrected chi connectivity index (χ2v) is 5.45. The summed E-state index contributed by atoms with van der Waals surface area (Å²) in [7, 11) is 0. The van der Waals surface area contributed by atoms with Crippen molar-refractivity contribution in [3.05, 3.63) is 62.9 Å². The van der Waals surface area contributed by atoms with Crippen LogP contribution >= 0.6 is 0 Å². The second-order valence-electron chi connectivity index (χ2n) is 5.45. The molecule has 0 fully saturated rings. The van der Waals surface area contributed by atoms with Crippen molar-refractivity contribution in [2.24, 2.45) is 0 Å². The first-order chi connectivity index (χ1) is 11.5. The van der Waals surface area contributed by atoms with Gasteiger partial charge in [0.15, 0.2) is 0 Å². The SMILES string of the molecule is CCN(CCNC(=O)Cn1ccc(=O)[nH]c1=O)c1ccccc1C. The number of likely N-dealkylation sites (N-methyl/N-ethyl adjacent to an activating group) is 1. The zero-order valence-corrected chi connectivity index (χ0v) is 13.9. The Balaban J connectivity index is 1.88. The van der Waals surface area contributed by atoms with Crippen LogP contribution in [0.1, 0.15) is 12.5 Å². The van der Waals surface area contributed by atoms with E-state index in [4.69, 9.17) is 0 Å². The number of hydrogen-bond acceptors (Lipinski definition) is 4. The molecule has 1 aromatic carbocycles. The van der Waals surface area contributed by atoms with Crippen molar-refractivity contribution in [1.29, 1.82) is 0 Å². The van der Waals surface area contributed by atoms with Gasteiger partial charge in [0.1, 0.15) is 6.54 Å². The van der Waals surface area contributed by atoms with E-state index in [1.54, 1.807) is 0 Å². The number of amides is 1. The predicted octanol–water partition coefficient (Wildman–Crippen LogP) is 0.488. The highest BCUT2D eigenvalue weighted by Crippen LogP contribution is 2.18. The molecule has 2 aromatic rings. The van der Waals surface area contributed by atoms with Gasteiger partial charge < -0.3 is 10.2 Å². The largest absolute Gasteiger partial charge is 0.370 e. The van der Waals surface area contributed by atoms with Gasteiger partial charge in [0.05, 0.1) is 0 Å². The molecule has 0 saturated carbocycles. The summed E-state index contributed by atoms with van der Waals surface area (Å²) in [6.07, 6.45) is 1.31. The highest BCUT2D eigenvalue weighted by molar-refractivity contribution is 5.75. The molecule has 0 aliphatic rings. The number of nitrogens with one attached hydrogen (secondary N) is 2. The molecule has 7 heteroatoms. The Morgan fingerprint density at radius 3 is 2.67 bits per heavy atom. The maximum Gasteiger partial charge on any atom is 0.328 e. The maximum atomic E-state index is 11.9. The van der Waals surface area contributed by atoms with Gasteiger partial charge in [-0.05, 0) is 25.5 Å². The number of carbonyl (C=O) groups excluding carboxylic acids is 1. The molecule has 0 bridgehead atoms. The van der Waals surface area contributed by atoms with E-state index in [0.29, 0.717) is 13.1 Å². The van der Waals surface area contributed by atoms with E-state index in [0.717, 1.165) is 16.8 Å². The van der Waals surface area contributed by atoms with Gasteiger partial charge in [0.25, 0.3) is 5.56 Å². The highest BCUT2D eigenvalue weighted by atomic mass is 16.2. The molecule has 1 heterocycles. The van der Waals surface area contributed by atoms with Crippen LogP contribution in [0.4, 0.5) is 5.69 Å². The Labute approximate surface area is 139 Å². The molecule has 128 valence electrons. The predicted molar refractivity (Wildman–Crippen MR) is 93.4 cm³/mol. The van der Waals surface area contributed by atoms with Crippen LogP contribution in [0, 0.1) is 6.92 Å². The van der Waals surface area contributed by atoms with Crippen molar-refractivity contribution in [2.75, 3.05) is 24.5 Å². The van der Waals surface area contributed by atoms with Crippen LogP contribution in [-0.2, 0) is 11.3 Å². The van der Waals surface area contributed by atoms with Crippen LogP contribution in [0.2, 0.25) is 0 Å². The number of rotatable bonds is 7. The van der Waals surface area contributed by atoms with Crippen molar-refractivity contribution in [3.8, 4) is 0 Å². The van der Waals surface area contributed by atoms with Gasteiger partial charge >= 0.3 is 5.69 Å². The fraction of sp³-hybridized carbons (Fsp3) is 0.353. The molecule has 0 saturated heterocycles. The maximum absolute atomic E-state index is 11.9. The van der Waals surface area contributed by atoms with Gasteiger partial charge in [-0.2, -0.15) is 0 Å². The van der Waals surface area contributed by atoms with E-state index in [-0.39, 0.29) is 12.5 Å². The van der Waals surface area contributed by atoms with Crippen molar-refractivity contribution in [3.63, 3.8) is 0 Å². The number of nitrogens with zero attached hydrogens (tertiary/aromatic N) is 2. The summed E-state index contributed by atoms with van der Waals surface area (Å²) in [6.45, 7) is 5.98. The van der Waals surface area contributed by atoms with Gasteiger partial charge in [0.2, 0.25) is 5.91 Å². The number of benzene rings is 1. The van der Waals surface area contributed by atoms with Gasteiger partial charge in [-0.15, -0.1) is 0 Å². The number of hydrogen-bond donors (Lipinski definition) is 2. The zero-order chi connectivity index (χ0) is 17.5. The van der Waals surface area contributed by atoms with Gasteiger partial charge in [0, 0.05) is 37.6 Å². The minimum Gasteiger partial charge on any atom is -0.370 e. The molecule has 1 aromatic heterocycles. The van der Waals surface area contributed by atoms with Gasteiger partial charge in [-0.3, -0.25) is 19.1 Å². The molecule has 7 nitrogen and oxygen atoms in total. The first-order valence-electron chi connectivity index (χ1n) is 7.88. The molecule has 0 unspecified atom stereocenters. The van der Waals surface area contributed by atoms with Crippen molar-refractivity contribution in [2.45, 2.75) is 20.4 Å². The number of para-hydroxylation sites is 1. The first kappa shape index (κ1) is 17.5. The monoisotopic (exact) mass is 330 g/mol. The normalized spacial score (nSPS) is 10.4. The van der Waals surface area contributed by atoms with E-state index in [2.05, 4.69) is 41.2 Å². The summed E-state index contributed by atoms with van der Waals surface area (Å²) in [5, 5.41) is 2.79. The van der Waals surface area contributed by atoms with Crippen LogP contribution in [0.5, 0.6) is 0 Å². The zero-order valence-electron chi connectivity index (χ0n) is 13.9. The van der Waals surface area contributed by atoms with Crippen LogP contribution in [0.3, 0.4) is 0 Å². The lowest BCUT2D eigenvalue weighted by atomic mass is 10.2. The number of aromatic amines is 1. The molecule has 24 heavy (non-hydrogen) atoms. The molecule has 1 amide bonds. The number of aryl methyl sites for hydroxylation is 1. The molecule has 2 rings (SSSR count). The lowest BCUT2D eigenvalue weighted by Crippen LogP contribution is -2.39. The van der Waals surface area contributed by atoms with Gasteiger partial charge in [-0.25, -0.2) is 4.79 Å². The Bertz CT molecular complexity index is 810. The molecule has 0 aliphatic carbocycles. The minimum absolute atomic E-state index is 0.119. The van der Waals surface area contributed by atoms with E-state index in [1.807, 2.05) is 12.1 Å². The highest BCUT2D eigenvalue weighted by Gasteiger charge is 2.08.